The van der Waals surface area contributed by atoms with Gasteiger partial charge in [-0.15, -0.1) is 0 Å². The Morgan fingerprint density at radius 3 is 2.37 bits per heavy atom. The Morgan fingerprint density at radius 1 is 1.15 bits per heavy atom. The van der Waals surface area contributed by atoms with Gasteiger partial charge in [0.1, 0.15) is 11.5 Å². The average Bonchev–Trinajstić information content (AvgIpc) is 3.05. The molecule has 1 saturated heterocycles. The Bertz CT molecular complexity index is 848. The number of carbonyl (C=O) groups excluding carboxylic acids is 2. The van der Waals surface area contributed by atoms with E-state index in [1.807, 2.05) is 6.92 Å². The summed E-state index contributed by atoms with van der Waals surface area (Å²) in [6.45, 7) is 2.66. The molecule has 0 bridgehead atoms. The number of nitro benzene ring substituents is 1. The van der Waals surface area contributed by atoms with Crippen LogP contribution in [0.3, 0.4) is 0 Å². The number of ether oxygens (including phenoxy) is 2. The molecule has 8 heteroatoms. The minimum atomic E-state index is -0.598. The number of benzene rings is 2. The zero-order chi connectivity index (χ0) is 19.4. The van der Waals surface area contributed by atoms with Gasteiger partial charge in [0.25, 0.3) is 5.69 Å². The second-order valence-electron chi connectivity index (χ2n) is 6.00. The third kappa shape index (κ3) is 4.22. The van der Waals surface area contributed by atoms with Gasteiger partial charge in [0.05, 0.1) is 17.4 Å². The summed E-state index contributed by atoms with van der Waals surface area (Å²) >= 11 is 0. The fourth-order valence-electron chi connectivity index (χ4n) is 2.84. The quantitative estimate of drug-likeness (QED) is 0.335. The van der Waals surface area contributed by atoms with Crippen molar-refractivity contribution in [1.29, 1.82) is 0 Å². The second kappa shape index (κ2) is 7.86. The molecular formula is C19H18N2O6. The Morgan fingerprint density at radius 2 is 1.78 bits per heavy atom. The normalized spacial score (nSPS) is 16.3. The third-order valence-corrected chi connectivity index (χ3v) is 4.18. The van der Waals surface area contributed by atoms with Crippen LogP contribution in [-0.4, -0.2) is 30.0 Å². The molecule has 1 aliphatic rings. The van der Waals surface area contributed by atoms with E-state index in [1.165, 1.54) is 29.2 Å². The number of hydrogen-bond acceptors (Lipinski definition) is 6. The maximum atomic E-state index is 12.3. The van der Waals surface area contributed by atoms with Gasteiger partial charge >= 0.3 is 5.97 Å². The van der Waals surface area contributed by atoms with Crippen molar-refractivity contribution in [3.05, 3.63) is 58.6 Å². The predicted octanol–water partition coefficient (Wildman–Crippen LogP) is 2.95. The van der Waals surface area contributed by atoms with E-state index in [0.717, 1.165) is 0 Å². The summed E-state index contributed by atoms with van der Waals surface area (Å²) in [5.74, 6) is -0.380. The largest absolute Gasteiger partial charge is 0.494 e. The summed E-state index contributed by atoms with van der Waals surface area (Å²) < 4.78 is 10.6. The zero-order valence-corrected chi connectivity index (χ0v) is 14.7. The van der Waals surface area contributed by atoms with Gasteiger partial charge in [-0.1, -0.05) is 0 Å². The molecule has 0 unspecified atom stereocenters. The molecule has 0 aromatic heterocycles. The SMILES string of the molecule is CCOc1ccc(N2C[C@@H](C(=O)Oc3ccc([N+](=O)[O-])cc3)CC2=O)cc1. The first-order valence-corrected chi connectivity index (χ1v) is 8.47. The van der Waals surface area contributed by atoms with E-state index in [2.05, 4.69) is 0 Å². The first kappa shape index (κ1) is 18.4. The van der Waals surface area contributed by atoms with E-state index in [1.54, 1.807) is 24.3 Å². The van der Waals surface area contributed by atoms with E-state index >= 15 is 0 Å². The van der Waals surface area contributed by atoms with Gasteiger partial charge in [-0.3, -0.25) is 19.7 Å². The number of anilines is 1. The molecule has 27 heavy (non-hydrogen) atoms. The highest BCUT2D eigenvalue weighted by Gasteiger charge is 2.36. The van der Waals surface area contributed by atoms with Gasteiger partial charge in [0.15, 0.2) is 0 Å². The lowest BCUT2D eigenvalue weighted by molar-refractivity contribution is -0.384. The standard InChI is InChI=1S/C19H18N2O6/c1-2-26-16-7-3-14(4-8-16)20-12-13(11-18(20)22)19(23)27-17-9-5-15(6-10-17)21(24)25/h3-10,13H,2,11-12H2,1H3/t13-/m0/s1. The number of carbonyl (C=O) groups is 2. The van der Waals surface area contributed by atoms with Gasteiger partial charge in [-0.25, -0.2) is 0 Å². The Hall–Kier alpha value is -3.42. The fraction of sp³-hybridized carbons (Fsp3) is 0.263. The highest BCUT2D eigenvalue weighted by atomic mass is 16.6. The summed E-state index contributed by atoms with van der Waals surface area (Å²) in [6, 6.07) is 12.3. The molecule has 1 aliphatic heterocycles. The molecule has 0 radical (unpaired) electrons. The van der Waals surface area contributed by atoms with Gasteiger partial charge in [-0.05, 0) is 43.3 Å². The molecule has 1 atom stereocenters. The van der Waals surface area contributed by atoms with Crippen molar-refractivity contribution in [3.63, 3.8) is 0 Å². The van der Waals surface area contributed by atoms with Crippen molar-refractivity contribution in [3.8, 4) is 11.5 Å². The summed E-state index contributed by atoms with van der Waals surface area (Å²) in [6.07, 6.45) is 0.0546. The van der Waals surface area contributed by atoms with Crippen molar-refractivity contribution in [2.75, 3.05) is 18.1 Å². The minimum Gasteiger partial charge on any atom is -0.494 e. The lowest BCUT2D eigenvalue weighted by Gasteiger charge is -2.17. The van der Waals surface area contributed by atoms with Crippen molar-refractivity contribution in [2.45, 2.75) is 13.3 Å². The number of esters is 1. The van der Waals surface area contributed by atoms with Crippen molar-refractivity contribution in [1.82, 2.24) is 0 Å². The van der Waals surface area contributed by atoms with Gasteiger partial charge in [-0.2, -0.15) is 0 Å². The molecule has 2 aromatic rings. The van der Waals surface area contributed by atoms with E-state index in [0.29, 0.717) is 18.0 Å². The predicted molar refractivity (Wildman–Crippen MR) is 96.8 cm³/mol. The van der Waals surface area contributed by atoms with Gasteiger partial charge in [0, 0.05) is 30.8 Å². The molecule has 3 rings (SSSR count). The number of nitrogens with zero attached hydrogens (tertiary/aromatic N) is 2. The minimum absolute atomic E-state index is 0.0546. The maximum absolute atomic E-state index is 12.3. The smallest absolute Gasteiger partial charge is 0.316 e. The van der Waals surface area contributed by atoms with Crippen LogP contribution in [-0.2, 0) is 9.59 Å². The Labute approximate surface area is 155 Å². The molecule has 1 heterocycles. The second-order valence-corrected chi connectivity index (χ2v) is 6.00. The first-order chi connectivity index (χ1) is 13.0. The summed E-state index contributed by atoms with van der Waals surface area (Å²) in [5, 5.41) is 10.7. The van der Waals surface area contributed by atoms with Crippen LogP contribution in [0.25, 0.3) is 0 Å². The third-order valence-electron chi connectivity index (χ3n) is 4.18. The number of non-ortho nitro benzene ring substituents is 1. The van der Waals surface area contributed by atoms with Crippen LogP contribution in [0.1, 0.15) is 13.3 Å². The van der Waals surface area contributed by atoms with E-state index in [-0.39, 0.29) is 30.3 Å². The zero-order valence-electron chi connectivity index (χ0n) is 14.7. The molecule has 0 spiro atoms. The molecule has 2 aromatic carbocycles. The van der Waals surface area contributed by atoms with Gasteiger partial charge in [0.2, 0.25) is 5.91 Å². The lowest BCUT2D eigenvalue weighted by atomic mass is 10.1. The highest BCUT2D eigenvalue weighted by molar-refractivity contribution is 5.99. The summed E-state index contributed by atoms with van der Waals surface area (Å²) in [5.41, 5.74) is 0.599. The summed E-state index contributed by atoms with van der Waals surface area (Å²) in [4.78, 5) is 36.3. The van der Waals surface area contributed by atoms with Crippen LogP contribution in [0.15, 0.2) is 48.5 Å². The average molecular weight is 370 g/mol. The van der Waals surface area contributed by atoms with Crippen molar-refractivity contribution >= 4 is 23.3 Å². The number of amides is 1. The first-order valence-electron chi connectivity index (χ1n) is 8.47. The van der Waals surface area contributed by atoms with Crippen LogP contribution in [0, 0.1) is 16.0 Å². The van der Waals surface area contributed by atoms with Gasteiger partial charge < -0.3 is 14.4 Å². The monoisotopic (exact) mass is 370 g/mol. The Balaban J connectivity index is 1.63. The molecule has 0 N–H and O–H groups in total. The molecule has 1 fully saturated rings. The van der Waals surface area contributed by atoms with E-state index in [4.69, 9.17) is 9.47 Å². The number of hydrogen-bond donors (Lipinski definition) is 0. The van der Waals surface area contributed by atoms with Crippen LogP contribution in [0.5, 0.6) is 11.5 Å². The van der Waals surface area contributed by atoms with Crippen LogP contribution in [0.2, 0.25) is 0 Å². The highest BCUT2D eigenvalue weighted by Crippen LogP contribution is 2.28. The number of rotatable bonds is 6. The molecule has 140 valence electrons. The van der Waals surface area contributed by atoms with E-state index < -0.39 is 16.8 Å². The molecule has 8 nitrogen and oxygen atoms in total. The lowest BCUT2D eigenvalue weighted by Crippen LogP contribution is -2.27. The van der Waals surface area contributed by atoms with Crippen LogP contribution >= 0.6 is 0 Å². The van der Waals surface area contributed by atoms with E-state index in [9.17, 15) is 19.7 Å². The van der Waals surface area contributed by atoms with Crippen LogP contribution in [0.4, 0.5) is 11.4 Å². The Kier molecular flexibility index (Phi) is 5.35. The maximum Gasteiger partial charge on any atom is 0.316 e. The number of nitro groups is 1. The fourth-order valence-corrected chi connectivity index (χ4v) is 2.84. The summed E-state index contributed by atoms with van der Waals surface area (Å²) in [7, 11) is 0. The molecular weight excluding hydrogens is 352 g/mol. The topological polar surface area (TPSA) is 99.0 Å². The van der Waals surface area contributed by atoms with Crippen LogP contribution < -0.4 is 14.4 Å². The van der Waals surface area contributed by atoms with Crippen molar-refractivity contribution < 1.29 is 24.0 Å². The molecule has 0 saturated carbocycles. The van der Waals surface area contributed by atoms with Crippen molar-refractivity contribution in [2.24, 2.45) is 5.92 Å². The molecule has 1 amide bonds. The molecule has 0 aliphatic carbocycles.